The summed E-state index contributed by atoms with van der Waals surface area (Å²) in [5, 5.41) is 3.66. The zero-order valence-electron chi connectivity index (χ0n) is 18.9. The predicted octanol–water partition coefficient (Wildman–Crippen LogP) is 5.43. The van der Waals surface area contributed by atoms with Gasteiger partial charge in [0.25, 0.3) is 6.43 Å². The second-order valence-corrected chi connectivity index (χ2v) is 10.5. The Bertz CT molecular complexity index is 1390. The number of methoxy groups -OCH3 is 1. The normalized spacial score (nSPS) is 19.2. The summed E-state index contributed by atoms with van der Waals surface area (Å²) < 4.78 is 66.4. The van der Waals surface area contributed by atoms with Crippen molar-refractivity contribution >= 4 is 32.2 Å². The van der Waals surface area contributed by atoms with Gasteiger partial charge < -0.3 is 10.1 Å². The number of benzene rings is 1. The smallest absolute Gasteiger partial charge is 0.266 e. The lowest BCUT2D eigenvalue weighted by molar-refractivity contribution is 0.146. The average Bonchev–Trinajstić information content (AvgIpc) is 2.78. The fraction of sp³-hybridized carbons (Fsp3) is 0.348. The zero-order valence-corrected chi connectivity index (χ0v) is 19.7. The number of nitrogens with one attached hydrogen (secondary N) is 2. The average molecular weight is 492 g/mol. The van der Waals surface area contributed by atoms with Crippen molar-refractivity contribution in [3.8, 4) is 5.88 Å². The molecule has 0 bridgehead atoms. The number of ether oxygens (including phenoxy) is 1. The van der Waals surface area contributed by atoms with Gasteiger partial charge in [0.2, 0.25) is 5.88 Å². The highest BCUT2D eigenvalue weighted by atomic mass is 32.2. The van der Waals surface area contributed by atoms with Crippen molar-refractivity contribution in [2.45, 2.75) is 32.7 Å². The van der Waals surface area contributed by atoms with E-state index in [4.69, 9.17) is 9.52 Å². The van der Waals surface area contributed by atoms with E-state index < -0.39 is 33.6 Å². The molecule has 4 rings (SSSR count). The standard InChI is InChI=1S/C23H24F3N5O2S/c1-12(15-5-4-6-16(19(15)24)20(25)26)28-21-18-11-17(14-7-9-34(27,32)10-8-14)23(33-3)31-22(18)30-13(2)29-21/h4-7,11-12,20,27H,8-10H2,1-3H3,(H,28,29,30,31)/t12-,34?/m1/s1. The minimum Gasteiger partial charge on any atom is -0.481 e. The molecule has 34 heavy (non-hydrogen) atoms. The molecule has 1 aliphatic rings. The van der Waals surface area contributed by atoms with Gasteiger partial charge >= 0.3 is 0 Å². The summed E-state index contributed by atoms with van der Waals surface area (Å²) >= 11 is 0. The van der Waals surface area contributed by atoms with Gasteiger partial charge in [0.1, 0.15) is 17.5 Å². The molecule has 0 fully saturated rings. The number of nitrogens with zero attached hydrogens (tertiary/aromatic N) is 3. The molecule has 7 nitrogen and oxygen atoms in total. The topological polar surface area (TPSA) is 101 Å². The number of pyridine rings is 1. The van der Waals surface area contributed by atoms with Gasteiger partial charge in [0.15, 0.2) is 5.65 Å². The summed E-state index contributed by atoms with van der Waals surface area (Å²) in [4.78, 5) is 13.3. The van der Waals surface area contributed by atoms with E-state index in [1.54, 1.807) is 26.0 Å². The number of halogens is 3. The third-order valence-corrected chi connectivity index (χ3v) is 7.29. The highest BCUT2D eigenvalue weighted by Crippen LogP contribution is 2.35. The molecule has 1 aliphatic heterocycles. The van der Waals surface area contributed by atoms with E-state index >= 15 is 0 Å². The summed E-state index contributed by atoms with van der Waals surface area (Å²) in [6, 6.07) is 5.03. The van der Waals surface area contributed by atoms with Crippen molar-refractivity contribution in [2.75, 3.05) is 23.9 Å². The highest BCUT2D eigenvalue weighted by Gasteiger charge is 2.23. The third kappa shape index (κ3) is 4.70. The second-order valence-electron chi connectivity index (χ2n) is 8.11. The molecule has 0 amide bonds. The fourth-order valence-electron chi connectivity index (χ4n) is 3.94. The van der Waals surface area contributed by atoms with Crippen LogP contribution in [0.2, 0.25) is 0 Å². The minimum atomic E-state index is -2.92. The first-order chi connectivity index (χ1) is 16.1. The molecule has 3 aromatic rings. The zero-order chi connectivity index (χ0) is 24.6. The van der Waals surface area contributed by atoms with Gasteiger partial charge in [0, 0.05) is 26.6 Å². The van der Waals surface area contributed by atoms with Gasteiger partial charge in [-0.2, -0.15) is 4.98 Å². The van der Waals surface area contributed by atoms with Gasteiger partial charge in [0.05, 0.1) is 29.9 Å². The van der Waals surface area contributed by atoms with Crippen LogP contribution in [0.4, 0.5) is 19.0 Å². The number of aromatic nitrogens is 3. The Morgan fingerprint density at radius 1 is 1.21 bits per heavy atom. The number of anilines is 1. The van der Waals surface area contributed by atoms with Crippen LogP contribution in [-0.2, 0) is 9.73 Å². The van der Waals surface area contributed by atoms with Crippen molar-refractivity contribution in [1.29, 1.82) is 4.78 Å². The van der Waals surface area contributed by atoms with Gasteiger partial charge in [-0.3, -0.25) is 4.78 Å². The first-order valence-electron chi connectivity index (χ1n) is 10.6. The maximum Gasteiger partial charge on any atom is 0.266 e. The molecule has 3 heterocycles. The summed E-state index contributed by atoms with van der Waals surface area (Å²) in [5.74, 6) is 0.553. The Morgan fingerprint density at radius 2 is 1.94 bits per heavy atom. The molecule has 1 unspecified atom stereocenters. The van der Waals surface area contributed by atoms with Gasteiger partial charge in [-0.15, -0.1) is 0 Å². The molecule has 0 saturated heterocycles. The molecule has 0 spiro atoms. The van der Waals surface area contributed by atoms with Crippen LogP contribution in [0.25, 0.3) is 16.6 Å². The maximum atomic E-state index is 14.7. The lowest BCUT2D eigenvalue weighted by atomic mass is 10.0. The number of hydrogen-bond acceptors (Lipinski definition) is 7. The van der Waals surface area contributed by atoms with Crippen LogP contribution >= 0.6 is 0 Å². The quantitative estimate of drug-likeness (QED) is 0.477. The van der Waals surface area contributed by atoms with E-state index in [0.717, 1.165) is 11.6 Å². The Balaban J connectivity index is 1.79. The molecule has 2 N–H and O–H groups in total. The van der Waals surface area contributed by atoms with E-state index in [-0.39, 0.29) is 17.1 Å². The number of allylic oxidation sites excluding steroid dienone is 1. The molecule has 0 radical (unpaired) electrons. The van der Waals surface area contributed by atoms with Crippen LogP contribution in [0, 0.1) is 17.5 Å². The lowest BCUT2D eigenvalue weighted by Crippen LogP contribution is -2.15. The Morgan fingerprint density at radius 3 is 2.59 bits per heavy atom. The molecule has 1 aromatic carbocycles. The van der Waals surface area contributed by atoms with Crippen LogP contribution in [0.3, 0.4) is 0 Å². The molecular weight excluding hydrogens is 467 g/mol. The van der Waals surface area contributed by atoms with Crippen molar-refractivity contribution in [3.63, 3.8) is 0 Å². The molecule has 0 saturated carbocycles. The van der Waals surface area contributed by atoms with E-state index in [1.807, 2.05) is 0 Å². The highest BCUT2D eigenvalue weighted by molar-refractivity contribution is 7.92. The number of rotatable bonds is 6. The second kappa shape index (κ2) is 9.21. The third-order valence-electron chi connectivity index (χ3n) is 5.72. The van der Waals surface area contributed by atoms with Crippen LogP contribution in [0.5, 0.6) is 5.88 Å². The SMILES string of the molecule is COc1nc2nc(C)nc(N[C@H](C)c3cccc(C(F)F)c3F)c2cc1C1=CCS(=N)(=O)CC1. The Kier molecular flexibility index (Phi) is 6.48. The van der Waals surface area contributed by atoms with Gasteiger partial charge in [-0.05, 0) is 31.9 Å². The van der Waals surface area contributed by atoms with Gasteiger partial charge in [-0.1, -0.05) is 24.3 Å². The van der Waals surface area contributed by atoms with E-state index in [9.17, 15) is 17.4 Å². The fourth-order valence-corrected chi connectivity index (χ4v) is 5.12. The summed E-state index contributed by atoms with van der Waals surface area (Å²) in [7, 11) is -1.13. The van der Waals surface area contributed by atoms with E-state index in [1.165, 1.54) is 19.2 Å². The summed E-state index contributed by atoms with van der Waals surface area (Å²) in [6.45, 7) is 3.34. The molecule has 180 valence electrons. The summed E-state index contributed by atoms with van der Waals surface area (Å²) in [5.41, 5.74) is 1.31. The minimum absolute atomic E-state index is 0.0871. The lowest BCUT2D eigenvalue weighted by Gasteiger charge is -2.20. The van der Waals surface area contributed by atoms with Crippen molar-refractivity contribution in [3.05, 3.63) is 58.7 Å². The van der Waals surface area contributed by atoms with Crippen molar-refractivity contribution in [1.82, 2.24) is 15.0 Å². The van der Waals surface area contributed by atoms with Gasteiger partial charge in [-0.25, -0.2) is 27.3 Å². The van der Waals surface area contributed by atoms with Crippen LogP contribution in [0.1, 0.15) is 48.3 Å². The predicted molar refractivity (Wildman–Crippen MR) is 125 cm³/mol. The molecule has 2 aromatic heterocycles. The monoisotopic (exact) mass is 491 g/mol. The number of fused-ring (bicyclic) bond motifs is 1. The Labute approximate surface area is 195 Å². The first-order valence-corrected chi connectivity index (χ1v) is 12.5. The molecule has 0 aliphatic carbocycles. The Hall–Kier alpha value is -3.21. The molecular formula is C23H24F3N5O2S. The van der Waals surface area contributed by atoms with E-state index in [0.29, 0.717) is 40.5 Å². The summed E-state index contributed by atoms with van der Waals surface area (Å²) in [6.07, 6.45) is -0.723. The number of alkyl halides is 2. The van der Waals surface area contributed by atoms with Crippen LogP contribution in [-0.4, -0.2) is 37.8 Å². The molecule has 2 atom stereocenters. The van der Waals surface area contributed by atoms with Crippen molar-refractivity contribution < 1.29 is 22.1 Å². The van der Waals surface area contributed by atoms with Crippen LogP contribution < -0.4 is 10.1 Å². The maximum absolute atomic E-state index is 14.7. The largest absolute Gasteiger partial charge is 0.481 e. The van der Waals surface area contributed by atoms with E-state index in [2.05, 4.69) is 20.3 Å². The number of hydrogen-bond donors (Lipinski definition) is 2. The number of aryl methyl sites for hydroxylation is 1. The van der Waals surface area contributed by atoms with Crippen LogP contribution in [0.15, 0.2) is 30.3 Å². The first kappa shape index (κ1) is 23.9. The van der Waals surface area contributed by atoms with Crippen molar-refractivity contribution in [2.24, 2.45) is 0 Å². The molecule has 11 heteroatoms.